The van der Waals surface area contributed by atoms with Crippen molar-refractivity contribution >= 4 is 92.8 Å². The van der Waals surface area contributed by atoms with Crippen LogP contribution in [-0.4, -0.2) is 19.4 Å². The molecular weight excluding hydrogens is 404 g/mol. The van der Waals surface area contributed by atoms with Crippen molar-refractivity contribution in [1.82, 2.24) is 0 Å². The number of rotatable bonds is 2. The summed E-state index contributed by atoms with van der Waals surface area (Å²) in [5.74, 6) is -0.463. The maximum absolute atomic E-state index is 6.33. The lowest BCUT2D eigenvalue weighted by Gasteiger charge is -2.47. The van der Waals surface area contributed by atoms with Gasteiger partial charge in [0.15, 0.2) is 0 Å². The Labute approximate surface area is 146 Å². The third kappa shape index (κ3) is 1.94. The molecule has 0 radical (unpaired) electrons. The Kier molecular flexibility index (Phi) is 4.89. The summed E-state index contributed by atoms with van der Waals surface area (Å²) in [4.78, 5) is -1.69. The lowest BCUT2D eigenvalue weighted by molar-refractivity contribution is 0.268. The second-order valence-electron chi connectivity index (χ2n) is 4.57. The van der Waals surface area contributed by atoms with Crippen LogP contribution in [0.25, 0.3) is 0 Å². The zero-order chi connectivity index (χ0) is 13.9. The summed E-state index contributed by atoms with van der Waals surface area (Å²) in [6.45, 7) is 0. The number of allylic oxidation sites excluding steroid dienone is 1. The maximum atomic E-state index is 6.33. The monoisotopic (exact) mass is 408 g/mol. The van der Waals surface area contributed by atoms with Gasteiger partial charge in [-0.05, 0) is 17.9 Å². The van der Waals surface area contributed by atoms with Gasteiger partial charge in [-0.2, -0.15) is 0 Å². The standard InChI is InChI=1S/C10H8Cl8/c11-2-5-3-1-4(6(12)10(3,17)18)9(5,7(13)14)8(15)16/h2-4,6-8H,1H2/t3-,4-,6+/m1/s1. The second-order valence-corrected chi connectivity index (χ2v) is 8.90. The van der Waals surface area contributed by atoms with Gasteiger partial charge in [0.1, 0.15) is 14.0 Å². The Morgan fingerprint density at radius 1 is 1.11 bits per heavy atom. The fraction of sp³-hybridized carbons (Fsp3) is 0.800. The second kappa shape index (κ2) is 5.36. The highest BCUT2D eigenvalue weighted by Gasteiger charge is 2.72. The van der Waals surface area contributed by atoms with Crippen LogP contribution >= 0.6 is 92.8 Å². The van der Waals surface area contributed by atoms with E-state index >= 15 is 0 Å². The average molecular weight is 412 g/mol. The molecule has 0 heterocycles. The number of hydrogen-bond acceptors (Lipinski definition) is 0. The SMILES string of the molecule is ClC=C1[C@H]2C[C@H]([C@H](Cl)C2(Cl)Cl)C1(C(Cl)Cl)C(Cl)Cl. The lowest BCUT2D eigenvalue weighted by Crippen LogP contribution is -2.51. The number of hydrogen-bond donors (Lipinski definition) is 0. The highest BCUT2D eigenvalue weighted by molar-refractivity contribution is 6.54. The van der Waals surface area contributed by atoms with E-state index in [1.807, 2.05) is 0 Å². The van der Waals surface area contributed by atoms with E-state index < -0.39 is 24.8 Å². The van der Waals surface area contributed by atoms with Crippen LogP contribution in [-0.2, 0) is 0 Å². The molecule has 2 bridgehead atoms. The molecule has 0 unspecified atom stereocenters. The van der Waals surface area contributed by atoms with Crippen molar-refractivity contribution in [1.29, 1.82) is 0 Å². The molecule has 0 aromatic heterocycles. The average Bonchev–Trinajstić information content (AvgIpc) is 2.72. The van der Waals surface area contributed by atoms with Crippen molar-refractivity contribution in [3.63, 3.8) is 0 Å². The van der Waals surface area contributed by atoms with Crippen molar-refractivity contribution in [3.8, 4) is 0 Å². The molecule has 2 aliphatic carbocycles. The first-order chi connectivity index (χ1) is 8.22. The van der Waals surface area contributed by atoms with Crippen LogP contribution in [0.2, 0.25) is 0 Å². The Morgan fingerprint density at radius 2 is 1.61 bits per heavy atom. The molecule has 0 aromatic rings. The van der Waals surface area contributed by atoms with E-state index in [-0.39, 0.29) is 11.8 Å². The fourth-order valence-electron chi connectivity index (χ4n) is 3.12. The van der Waals surface area contributed by atoms with Crippen molar-refractivity contribution < 1.29 is 0 Å². The third-order valence-electron chi connectivity index (χ3n) is 4.00. The van der Waals surface area contributed by atoms with Gasteiger partial charge in [0.25, 0.3) is 0 Å². The van der Waals surface area contributed by atoms with E-state index in [1.165, 1.54) is 5.54 Å². The van der Waals surface area contributed by atoms with Crippen molar-refractivity contribution in [2.75, 3.05) is 0 Å². The molecule has 0 saturated heterocycles. The number of alkyl halides is 7. The van der Waals surface area contributed by atoms with Gasteiger partial charge in [0.05, 0.1) is 10.8 Å². The van der Waals surface area contributed by atoms with Crippen LogP contribution in [0.5, 0.6) is 0 Å². The molecule has 0 spiro atoms. The van der Waals surface area contributed by atoms with E-state index in [4.69, 9.17) is 92.8 Å². The molecule has 2 aliphatic rings. The van der Waals surface area contributed by atoms with Crippen LogP contribution in [0.4, 0.5) is 0 Å². The number of halogens is 8. The Balaban J connectivity index is 2.58. The van der Waals surface area contributed by atoms with Gasteiger partial charge in [-0.3, -0.25) is 0 Å². The summed E-state index contributed by atoms with van der Waals surface area (Å²) in [7, 11) is 0. The minimum Gasteiger partial charge on any atom is -0.119 e. The van der Waals surface area contributed by atoms with Gasteiger partial charge in [-0.25, -0.2) is 0 Å². The molecule has 18 heavy (non-hydrogen) atoms. The number of fused-ring (bicyclic) bond motifs is 2. The van der Waals surface area contributed by atoms with E-state index in [0.29, 0.717) is 12.0 Å². The molecule has 0 nitrogen and oxygen atoms in total. The first kappa shape index (κ1) is 16.4. The normalized spacial score (nSPS) is 39.2. The first-order valence-electron chi connectivity index (χ1n) is 5.11. The molecule has 104 valence electrons. The molecule has 3 atom stereocenters. The smallest absolute Gasteiger partial charge is 0.119 e. The van der Waals surface area contributed by atoms with Crippen LogP contribution in [0.15, 0.2) is 11.1 Å². The summed E-state index contributed by atoms with van der Waals surface area (Å²) in [5.41, 5.74) is 1.15. The summed E-state index contributed by atoms with van der Waals surface area (Å²) < 4.78 is -1.11. The van der Waals surface area contributed by atoms with Crippen molar-refractivity contribution in [3.05, 3.63) is 11.1 Å². The van der Waals surface area contributed by atoms with E-state index in [1.54, 1.807) is 0 Å². The summed E-state index contributed by atoms with van der Waals surface area (Å²) in [6.07, 6.45) is 0.617. The van der Waals surface area contributed by atoms with Crippen LogP contribution in [0.3, 0.4) is 0 Å². The molecular formula is C10H8Cl8. The summed E-state index contributed by atoms with van der Waals surface area (Å²) in [6, 6.07) is 0. The Hall–Kier alpha value is 2.06. The van der Waals surface area contributed by atoms with Gasteiger partial charge in [0.2, 0.25) is 0 Å². The topological polar surface area (TPSA) is 0 Å². The van der Waals surface area contributed by atoms with Crippen molar-refractivity contribution in [2.45, 2.75) is 25.8 Å². The zero-order valence-electron chi connectivity index (χ0n) is 8.69. The van der Waals surface area contributed by atoms with E-state index in [0.717, 1.165) is 0 Å². The lowest BCUT2D eigenvalue weighted by atomic mass is 9.72. The van der Waals surface area contributed by atoms with E-state index in [2.05, 4.69) is 0 Å². The summed E-state index contributed by atoms with van der Waals surface area (Å²) >= 11 is 49.2. The largest absolute Gasteiger partial charge is 0.141 e. The Bertz CT molecular complexity index is 366. The molecule has 0 aromatic carbocycles. The predicted molar refractivity (Wildman–Crippen MR) is 83.0 cm³/mol. The van der Waals surface area contributed by atoms with Gasteiger partial charge >= 0.3 is 0 Å². The highest BCUT2D eigenvalue weighted by Crippen LogP contribution is 2.72. The third-order valence-corrected chi connectivity index (χ3v) is 7.55. The molecule has 0 amide bonds. The summed E-state index contributed by atoms with van der Waals surface area (Å²) in [5, 5.41) is -0.536. The van der Waals surface area contributed by atoms with Gasteiger partial charge < -0.3 is 0 Å². The quantitative estimate of drug-likeness (QED) is 0.479. The van der Waals surface area contributed by atoms with Crippen LogP contribution in [0.1, 0.15) is 6.42 Å². The van der Waals surface area contributed by atoms with Crippen molar-refractivity contribution in [2.24, 2.45) is 17.3 Å². The minimum absolute atomic E-state index is 0.218. The predicted octanol–water partition coefficient (Wildman–Crippen LogP) is 6.13. The fourth-order valence-corrected chi connectivity index (χ4v) is 6.55. The van der Waals surface area contributed by atoms with Crippen LogP contribution < -0.4 is 0 Å². The Morgan fingerprint density at radius 3 is 2.00 bits per heavy atom. The first-order valence-corrected chi connectivity index (χ1v) is 8.48. The van der Waals surface area contributed by atoms with Gasteiger partial charge in [0, 0.05) is 11.5 Å². The van der Waals surface area contributed by atoms with E-state index in [9.17, 15) is 0 Å². The molecule has 0 N–H and O–H groups in total. The molecule has 8 heteroatoms. The van der Waals surface area contributed by atoms with Gasteiger partial charge in [-0.15, -0.1) is 58.0 Å². The maximum Gasteiger partial charge on any atom is 0.141 e. The molecule has 2 rings (SSSR count). The minimum atomic E-state index is -1.11. The van der Waals surface area contributed by atoms with Crippen LogP contribution in [0, 0.1) is 17.3 Å². The van der Waals surface area contributed by atoms with Gasteiger partial charge in [-0.1, -0.05) is 34.8 Å². The molecule has 2 fully saturated rings. The molecule has 0 aliphatic heterocycles. The highest BCUT2D eigenvalue weighted by atomic mass is 35.5. The molecule has 2 saturated carbocycles. The zero-order valence-corrected chi connectivity index (χ0v) is 14.7.